The van der Waals surface area contributed by atoms with Gasteiger partial charge < -0.3 is 10.2 Å². The molecule has 0 saturated heterocycles. The maximum absolute atomic E-state index is 12.2. The molecule has 0 aliphatic heterocycles. The van der Waals surface area contributed by atoms with Crippen LogP contribution in [0.1, 0.15) is 37.4 Å². The molecule has 19 heavy (non-hydrogen) atoms. The Hall–Kier alpha value is -0.880. The molecule has 0 bridgehead atoms. The molecule has 1 heterocycles. The molecule has 1 N–H and O–H groups in total. The number of nitrogens with zero attached hydrogens (tertiary/aromatic N) is 1. The van der Waals surface area contributed by atoms with Gasteiger partial charge in [0.1, 0.15) is 0 Å². The molecule has 1 aromatic heterocycles. The normalized spacial score (nSPS) is 11.2. The minimum Gasteiger partial charge on any atom is -0.350 e. The minimum absolute atomic E-state index is 0.0854. The van der Waals surface area contributed by atoms with E-state index in [-0.39, 0.29) is 23.9 Å². The average Bonchev–Trinajstić information content (AvgIpc) is 2.69. The molecule has 6 heteroatoms. The van der Waals surface area contributed by atoms with Crippen LogP contribution in [0.25, 0.3) is 0 Å². The van der Waals surface area contributed by atoms with Gasteiger partial charge in [-0.2, -0.15) is 0 Å². The molecule has 106 valence electrons. The summed E-state index contributed by atoms with van der Waals surface area (Å²) >= 11 is 4.70. The van der Waals surface area contributed by atoms with E-state index in [0.29, 0.717) is 11.4 Å². The predicted molar refractivity (Wildman–Crippen MR) is 81.5 cm³/mol. The molecule has 4 nitrogen and oxygen atoms in total. The van der Waals surface area contributed by atoms with Gasteiger partial charge in [-0.25, -0.2) is 0 Å². The van der Waals surface area contributed by atoms with Crippen LogP contribution in [0.2, 0.25) is 0 Å². The second-order valence-corrected chi connectivity index (χ2v) is 7.68. The average molecular weight is 347 g/mol. The van der Waals surface area contributed by atoms with Crippen molar-refractivity contribution in [2.75, 3.05) is 13.1 Å². The van der Waals surface area contributed by atoms with Crippen LogP contribution < -0.4 is 5.32 Å². The lowest BCUT2D eigenvalue weighted by atomic mass is 10.1. The number of carbonyl (C=O) groups is 2. The molecular formula is C13H19BrN2O2S. The standard InChI is InChI=1S/C13H19BrN2O2S/c1-5-16(8-11(17)15-13(2,3)4)12(18)9-6-7-10(14)19-9/h6-7H,5,8H2,1-4H3,(H,15,17). The van der Waals surface area contributed by atoms with Gasteiger partial charge in [-0.05, 0) is 55.8 Å². The number of hydrogen-bond donors (Lipinski definition) is 1. The molecular weight excluding hydrogens is 328 g/mol. The summed E-state index contributed by atoms with van der Waals surface area (Å²) in [6.45, 7) is 8.21. The van der Waals surface area contributed by atoms with Crippen molar-refractivity contribution in [2.45, 2.75) is 33.2 Å². The zero-order chi connectivity index (χ0) is 14.6. The number of thiophene rings is 1. The third-order valence-electron chi connectivity index (χ3n) is 2.30. The fourth-order valence-electron chi connectivity index (χ4n) is 1.54. The number of nitrogens with one attached hydrogen (secondary N) is 1. The van der Waals surface area contributed by atoms with Gasteiger partial charge in [0.25, 0.3) is 5.91 Å². The molecule has 0 aromatic carbocycles. The second-order valence-electron chi connectivity index (χ2n) is 5.22. The lowest BCUT2D eigenvalue weighted by Crippen LogP contribution is -2.47. The van der Waals surface area contributed by atoms with Crippen molar-refractivity contribution < 1.29 is 9.59 Å². The Morgan fingerprint density at radius 2 is 2.00 bits per heavy atom. The Bertz CT molecular complexity index is 465. The van der Waals surface area contributed by atoms with Gasteiger partial charge in [0, 0.05) is 12.1 Å². The SMILES string of the molecule is CCN(CC(=O)NC(C)(C)C)C(=O)c1ccc(Br)s1. The van der Waals surface area contributed by atoms with E-state index in [4.69, 9.17) is 0 Å². The first-order valence-electron chi connectivity index (χ1n) is 6.08. The quantitative estimate of drug-likeness (QED) is 0.911. The predicted octanol–water partition coefficient (Wildman–Crippen LogP) is 2.89. The van der Waals surface area contributed by atoms with Crippen LogP contribution in [0, 0.1) is 0 Å². The van der Waals surface area contributed by atoms with Gasteiger partial charge in [-0.3, -0.25) is 9.59 Å². The maximum Gasteiger partial charge on any atom is 0.264 e. The maximum atomic E-state index is 12.2. The summed E-state index contributed by atoms with van der Waals surface area (Å²) < 4.78 is 0.908. The lowest BCUT2D eigenvalue weighted by Gasteiger charge is -2.24. The molecule has 0 saturated carbocycles. The molecule has 2 amide bonds. The van der Waals surface area contributed by atoms with Crippen molar-refractivity contribution in [3.05, 3.63) is 20.8 Å². The first-order valence-corrected chi connectivity index (χ1v) is 7.69. The smallest absolute Gasteiger partial charge is 0.264 e. The lowest BCUT2D eigenvalue weighted by molar-refractivity contribution is -0.123. The molecule has 0 spiro atoms. The first-order chi connectivity index (χ1) is 8.73. The van der Waals surface area contributed by atoms with E-state index in [1.807, 2.05) is 33.8 Å². The number of carbonyl (C=O) groups excluding carboxylic acids is 2. The Kier molecular flexibility index (Phi) is 5.55. The number of rotatable bonds is 4. The fraction of sp³-hybridized carbons (Fsp3) is 0.538. The van der Waals surface area contributed by atoms with Crippen LogP contribution >= 0.6 is 27.3 Å². The van der Waals surface area contributed by atoms with Gasteiger partial charge in [-0.15, -0.1) is 11.3 Å². The van der Waals surface area contributed by atoms with Crippen LogP contribution in [0.15, 0.2) is 15.9 Å². The molecule has 0 aliphatic rings. The zero-order valence-electron chi connectivity index (χ0n) is 11.6. The largest absolute Gasteiger partial charge is 0.350 e. The van der Waals surface area contributed by atoms with Gasteiger partial charge in [-0.1, -0.05) is 0 Å². The monoisotopic (exact) mass is 346 g/mol. The highest BCUT2D eigenvalue weighted by Gasteiger charge is 2.21. The van der Waals surface area contributed by atoms with E-state index < -0.39 is 0 Å². The van der Waals surface area contributed by atoms with Crippen molar-refractivity contribution >= 4 is 39.1 Å². The van der Waals surface area contributed by atoms with Gasteiger partial charge >= 0.3 is 0 Å². The van der Waals surface area contributed by atoms with Crippen molar-refractivity contribution in [1.82, 2.24) is 10.2 Å². The Labute approximate surface area is 126 Å². The summed E-state index contributed by atoms with van der Waals surface area (Å²) in [4.78, 5) is 26.3. The van der Waals surface area contributed by atoms with Gasteiger partial charge in [0.15, 0.2) is 0 Å². The van der Waals surface area contributed by atoms with E-state index >= 15 is 0 Å². The molecule has 0 aliphatic carbocycles. The third-order valence-corrected chi connectivity index (χ3v) is 3.91. The topological polar surface area (TPSA) is 49.4 Å². The van der Waals surface area contributed by atoms with Gasteiger partial charge in [0.2, 0.25) is 5.91 Å². The highest BCUT2D eigenvalue weighted by Crippen LogP contribution is 2.23. The number of likely N-dealkylation sites (N-methyl/N-ethyl adjacent to an activating group) is 1. The molecule has 1 aromatic rings. The Morgan fingerprint density at radius 1 is 1.37 bits per heavy atom. The summed E-state index contributed by atoms with van der Waals surface area (Å²) in [5.74, 6) is -0.249. The van der Waals surface area contributed by atoms with Crippen LogP contribution in [-0.4, -0.2) is 35.3 Å². The van der Waals surface area contributed by atoms with Crippen LogP contribution in [-0.2, 0) is 4.79 Å². The highest BCUT2D eigenvalue weighted by atomic mass is 79.9. The van der Waals surface area contributed by atoms with Crippen LogP contribution in [0.4, 0.5) is 0 Å². The molecule has 0 fully saturated rings. The highest BCUT2D eigenvalue weighted by molar-refractivity contribution is 9.11. The first kappa shape index (κ1) is 16.2. The second kappa shape index (κ2) is 6.52. The van der Waals surface area contributed by atoms with Crippen LogP contribution in [0.3, 0.4) is 0 Å². The molecule has 0 atom stereocenters. The summed E-state index contributed by atoms with van der Waals surface area (Å²) in [6.07, 6.45) is 0. The Balaban J connectivity index is 2.68. The number of amides is 2. The summed E-state index contributed by atoms with van der Waals surface area (Å²) in [5, 5.41) is 2.86. The summed E-state index contributed by atoms with van der Waals surface area (Å²) in [6, 6.07) is 3.60. The Morgan fingerprint density at radius 3 is 2.42 bits per heavy atom. The molecule has 1 rings (SSSR count). The minimum atomic E-state index is -0.286. The van der Waals surface area contributed by atoms with E-state index in [1.54, 1.807) is 11.0 Å². The van der Waals surface area contributed by atoms with Crippen molar-refractivity contribution in [3.63, 3.8) is 0 Å². The van der Waals surface area contributed by atoms with Crippen molar-refractivity contribution in [3.8, 4) is 0 Å². The van der Waals surface area contributed by atoms with Gasteiger partial charge in [0.05, 0.1) is 15.2 Å². The van der Waals surface area contributed by atoms with E-state index in [9.17, 15) is 9.59 Å². The van der Waals surface area contributed by atoms with E-state index in [0.717, 1.165) is 3.79 Å². The number of halogens is 1. The molecule has 0 radical (unpaired) electrons. The van der Waals surface area contributed by atoms with E-state index in [2.05, 4.69) is 21.2 Å². The third kappa shape index (κ3) is 5.32. The van der Waals surface area contributed by atoms with Crippen molar-refractivity contribution in [2.24, 2.45) is 0 Å². The summed E-state index contributed by atoms with van der Waals surface area (Å²) in [7, 11) is 0. The van der Waals surface area contributed by atoms with E-state index in [1.165, 1.54) is 11.3 Å². The fourth-order valence-corrected chi connectivity index (χ4v) is 2.90. The number of hydrogen-bond acceptors (Lipinski definition) is 3. The van der Waals surface area contributed by atoms with Crippen LogP contribution in [0.5, 0.6) is 0 Å². The van der Waals surface area contributed by atoms with Crippen molar-refractivity contribution in [1.29, 1.82) is 0 Å². The summed E-state index contributed by atoms with van der Waals surface area (Å²) in [5.41, 5.74) is -0.286. The molecule has 0 unspecified atom stereocenters. The zero-order valence-corrected chi connectivity index (χ0v) is 14.0.